The SMILES string of the molecule is c1cncc(Nc2nc[nH]c2-c2nc3ccncc3[nH]2)c1. The number of aromatic nitrogens is 6. The summed E-state index contributed by atoms with van der Waals surface area (Å²) in [7, 11) is 0. The fraction of sp³-hybridized carbons (Fsp3) is 0. The fourth-order valence-electron chi connectivity index (χ4n) is 2.12. The molecule has 0 fully saturated rings. The Bertz CT molecular complexity index is 845. The molecule has 0 saturated heterocycles. The van der Waals surface area contributed by atoms with E-state index in [4.69, 9.17) is 0 Å². The van der Waals surface area contributed by atoms with Gasteiger partial charge < -0.3 is 15.3 Å². The van der Waals surface area contributed by atoms with E-state index in [0.29, 0.717) is 11.6 Å². The number of nitrogens with one attached hydrogen (secondary N) is 3. The highest BCUT2D eigenvalue weighted by Gasteiger charge is 2.12. The van der Waals surface area contributed by atoms with E-state index in [2.05, 4.69) is 35.2 Å². The quantitative estimate of drug-likeness (QED) is 0.534. The summed E-state index contributed by atoms with van der Waals surface area (Å²) in [5, 5.41) is 3.21. The van der Waals surface area contributed by atoms with E-state index in [9.17, 15) is 0 Å². The first kappa shape index (κ1) is 11.6. The Balaban J connectivity index is 1.74. The van der Waals surface area contributed by atoms with E-state index in [1.54, 1.807) is 31.1 Å². The molecule has 4 rings (SSSR count). The highest BCUT2D eigenvalue weighted by Crippen LogP contribution is 2.26. The average Bonchev–Trinajstić information content (AvgIpc) is 3.14. The van der Waals surface area contributed by atoms with E-state index < -0.39 is 0 Å². The van der Waals surface area contributed by atoms with Crippen LogP contribution in [0.25, 0.3) is 22.6 Å². The van der Waals surface area contributed by atoms with Gasteiger partial charge in [-0.3, -0.25) is 9.97 Å². The van der Waals surface area contributed by atoms with Crippen molar-refractivity contribution >= 4 is 22.5 Å². The van der Waals surface area contributed by atoms with Gasteiger partial charge in [-0.05, 0) is 18.2 Å². The third-order valence-electron chi connectivity index (χ3n) is 3.08. The first-order valence-corrected chi connectivity index (χ1v) is 6.41. The van der Waals surface area contributed by atoms with Gasteiger partial charge in [-0.1, -0.05) is 0 Å². The van der Waals surface area contributed by atoms with Crippen LogP contribution in [0.5, 0.6) is 0 Å². The zero-order valence-electron chi connectivity index (χ0n) is 10.9. The molecule has 0 bridgehead atoms. The molecule has 0 amide bonds. The van der Waals surface area contributed by atoms with Gasteiger partial charge in [0.05, 0.1) is 35.4 Å². The Labute approximate surface area is 119 Å². The summed E-state index contributed by atoms with van der Waals surface area (Å²) in [6.45, 7) is 0. The van der Waals surface area contributed by atoms with E-state index in [1.807, 2.05) is 18.2 Å². The number of aromatic amines is 2. The second-order valence-electron chi connectivity index (χ2n) is 4.47. The maximum atomic E-state index is 4.54. The first-order chi connectivity index (χ1) is 10.4. The molecule has 102 valence electrons. The van der Waals surface area contributed by atoms with Crippen molar-refractivity contribution in [2.45, 2.75) is 0 Å². The second-order valence-corrected chi connectivity index (χ2v) is 4.47. The summed E-state index contributed by atoms with van der Waals surface area (Å²) in [6, 6.07) is 5.65. The molecular weight excluding hydrogens is 266 g/mol. The lowest BCUT2D eigenvalue weighted by molar-refractivity contribution is 1.26. The fourth-order valence-corrected chi connectivity index (χ4v) is 2.12. The lowest BCUT2D eigenvalue weighted by Gasteiger charge is -2.03. The third-order valence-corrected chi connectivity index (χ3v) is 3.08. The monoisotopic (exact) mass is 277 g/mol. The predicted octanol–water partition coefficient (Wildman–Crippen LogP) is 2.49. The molecule has 4 aromatic rings. The molecule has 0 saturated carbocycles. The Morgan fingerprint density at radius 2 is 2.00 bits per heavy atom. The Kier molecular flexibility index (Phi) is 2.60. The summed E-state index contributed by atoms with van der Waals surface area (Å²) >= 11 is 0. The summed E-state index contributed by atoms with van der Waals surface area (Å²) < 4.78 is 0. The van der Waals surface area contributed by atoms with Gasteiger partial charge >= 0.3 is 0 Å². The minimum atomic E-state index is 0.690. The van der Waals surface area contributed by atoms with Gasteiger partial charge in [-0.25, -0.2) is 9.97 Å². The van der Waals surface area contributed by atoms with E-state index >= 15 is 0 Å². The third kappa shape index (κ3) is 2.10. The van der Waals surface area contributed by atoms with Gasteiger partial charge in [0, 0.05) is 12.4 Å². The minimum Gasteiger partial charge on any atom is -0.340 e. The molecule has 0 aliphatic carbocycles. The van der Waals surface area contributed by atoms with Crippen LogP contribution in [0.1, 0.15) is 0 Å². The highest BCUT2D eigenvalue weighted by atomic mass is 15.1. The molecule has 3 N–H and O–H groups in total. The normalized spacial score (nSPS) is 10.9. The van der Waals surface area contributed by atoms with Crippen LogP contribution in [-0.4, -0.2) is 29.9 Å². The summed E-state index contributed by atoms with van der Waals surface area (Å²) in [4.78, 5) is 23.3. The van der Waals surface area contributed by atoms with Crippen LogP contribution >= 0.6 is 0 Å². The van der Waals surface area contributed by atoms with Crippen molar-refractivity contribution < 1.29 is 0 Å². The standard InChI is InChI=1S/C14H11N7/c1-2-9(6-15-4-1)19-13-12(17-8-18-13)14-20-10-3-5-16-7-11(10)21-14/h1-8,19H,(H,17,18)(H,20,21). The van der Waals surface area contributed by atoms with Crippen LogP contribution < -0.4 is 5.32 Å². The van der Waals surface area contributed by atoms with Crippen molar-refractivity contribution in [2.24, 2.45) is 0 Å². The predicted molar refractivity (Wildman–Crippen MR) is 79.0 cm³/mol. The molecule has 4 heterocycles. The van der Waals surface area contributed by atoms with Crippen LogP contribution in [0.2, 0.25) is 0 Å². The van der Waals surface area contributed by atoms with Crippen LogP contribution in [0.4, 0.5) is 11.5 Å². The number of anilines is 2. The Morgan fingerprint density at radius 1 is 1.05 bits per heavy atom. The smallest absolute Gasteiger partial charge is 0.159 e. The summed E-state index contributed by atoms with van der Waals surface area (Å²) in [6.07, 6.45) is 8.55. The van der Waals surface area contributed by atoms with Crippen LogP contribution in [0.15, 0.2) is 49.3 Å². The van der Waals surface area contributed by atoms with Crippen molar-refractivity contribution in [1.82, 2.24) is 29.9 Å². The number of H-pyrrole nitrogens is 2. The van der Waals surface area contributed by atoms with Crippen molar-refractivity contribution in [2.75, 3.05) is 5.32 Å². The topological polar surface area (TPSA) is 95.2 Å². The number of imidazole rings is 2. The molecular formula is C14H11N7. The Morgan fingerprint density at radius 3 is 2.86 bits per heavy atom. The maximum absolute atomic E-state index is 4.54. The van der Waals surface area contributed by atoms with Crippen LogP contribution in [0.3, 0.4) is 0 Å². The van der Waals surface area contributed by atoms with Gasteiger partial charge in [-0.2, -0.15) is 0 Å². The van der Waals surface area contributed by atoms with Gasteiger partial charge in [0.15, 0.2) is 11.6 Å². The molecule has 0 unspecified atom stereocenters. The summed E-state index contributed by atoms with van der Waals surface area (Å²) in [5.74, 6) is 1.40. The number of nitrogens with zero attached hydrogens (tertiary/aromatic N) is 4. The number of rotatable bonds is 3. The molecule has 0 aliphatic heterocycles. The van der Waals surface area contributed by atoms with Crippen molar-refractivity contribution in [1.29, 1.82) is 0 Å². The van der Waals surface area contributed by atoms with Crippen LogP contribution in [-0.2, 0) is 0 Å². The molecule has 0 spiro atoms. The van der Waals surface area contributed by atoms with Gasteiger partial charge in [0.2, 0.25) is 0 Å². The van der Waals surface area contributed by atoms with Gasteiger partial charge in [0.25, 0.3) is 0 Å². The molecule has 0 aromatic carbocycles. The van der Waals surface area contributed by atoms with E-state index in [0.717, 1.165) is 22.4 Å². The molecule has 21 heavy (non-hydrogen) atoms. The van der Waals surface area contributed by atoms with E-state index in [1.165, 1.54) is 0 Å². The molecule has 0 atom stereocenters. The van der Waals surface area contributed by atoms with Crippen LogP contribution in [0, 0.1) is 0 Å². The zero-order valence-corrected chi connectivity index (χ0v) is 10.9. The van der Waals surface area contributed by atoms with Crippen molar-refractivity contribution in [3.05, 3.63) is 49.3 Å². The molecule has 7 heteroatoms. The number of pyridine rings is 2. The summed E-state index contributed by atoms with van der Waals surface area (Å²) in [5.41, 5.74) is 3.40. The average molecular weight is 277 g/mol. The molecule has 7 nitrogen and oxygen atoms in total. The lowest BCUT2D eigenvalue weighted by Crippen LogP contribution is -1.94. The van der Waals surface area contributed by atoms with Gasteiger partial charge in [0.1, 0.15) is 5.69 Å². The Hall–Kier alpha value is -3.22. The number of hydrogen-bond donors (Lipinski definition) is 3. The second kappa shape index (κ2) is 4.71. The first-order valence-electron chi connectivity index (χ1n) is 6.41. The van der Waals surface area contributed by atoms with Crippen molar-refractivity contribution in [3.8, 4) is 11.5 Å². The van der Waals surface area contributed by atoms with E-state index in [-0.39, 0.29) is 0 Å². The number of hydrogen-bond acceptors (Lipinski definition) is 5. The highest BCUT2D eigenvalue weighted by molar-refractivity contribution is 5.80. The zero-order chi connectivity index (χ0) is 14.1. The minimum absolute atomic E-state index is 0.690. The molecule has 0 aliphatic rings. The molecule has 4 aromatic heterocycles. The number of fused-ring (bicyclic) bond motifs is 1. The maximum Gasteiger partial charge on any atom is 0.159 e. The molecule has 0 radical (unpaired) electrons. The lowest BCUT2D eigenvalue weighted by atomic mass is 10.3. The van der Waals surface area contributed by atoms with Crippen molar-refractivity contribution in [3.63, 3.8) is 0 Å². The largest absolute Gasteiger partial charge is 0.340 e. The van der Waals surface area contributed by atoms with Gasteiger partial charge in [-0.15, -0.1) is 0 Å².